The summed E-state index contributed by atoms with van der Waals surface area (Å²) < 4.78 is 5.24. The van der Waals surface area contributed by atoms with Crippen LogP contribution in [0.5, 0.6) is 5.75 Å². The standard InChI is InChI=1S/C17H26N2O3/c1-10-6-7-14(11(2)15(10)20)18-12-8-13(9-12)19-16(21)22-17(3,4)5/h6-7,12-13,18,20H,8-9H2,1-5H3,(H,19,21). The predicted octanol–water partition coefficient (Wildman–Crippen LogP) is 3.48. The Bertz CT molecular complexity index is 558. The maximum atomic E-state index is 11.7. The molecule has 1 aliphatic rings. The Morgan fingerprint density at radius 2 is 1.86 bits per heavy atom. The van der Waals surface area contributed by atoms with Crippen molar-refractivity contribution in [1.82, 2.24) is 5.32 Å². The van der Waals surface area contributed by atoms with Crippen molar-refractivity contribution in [1.29, 1.82) is 0 Å². The first-order valence-corrected chi connectivity index (χ1v) is 7.71. The van der Waals surface area contributed by atoms with Gasteiger partial charge in [-0.1, -0.05) is 6.07 Å². The van der Waals surface area contributed by atoms with Crippen molar-refractivity contribution < 1.29 is 14.6 Å². The minimum atomic E-state index is -0.470. The van der Waals surface area contributed by atoms with E-state index >= 15 is 0 Å². The number of rotatable bonds is 3. The van der Waals surface area contributed by atoms with Crippen LogP contribution in [0.2, 0.25) is 0 Å². The number of nitrogens with one attached hydrogen (secondary N) is 2. The molecule has 0 radical (unpaired) electrons. The molecular weight excluding hydrogens is 280 g/mol. The van der Waals surface area contributed by atoms with Crippen molar-refractivity contribution in [2.75, 3.05) is 5.32 Å². The van der Waals surface area contributed by atoms with Gasteiger partial charge in [-0.2, -0.15) is 0 Å². The molecule has 0 heterocycles. The molecule has 5 heteroatoms. The first-order chi connectivity index (χ1) is 10.2. The van der Waals surface area contributed by atoms with E-state index in [4.69, 9.17) is 4.74 Å². The lowest BCUT2D eigenvalue weighted by Crippen LogP contribution is -2.50. The summed E-state index contributed by atoms with van der Waals surface area (Å²) in [6.45, 7) is 9.34. The Labute approximate surface area is 132 Å². The third-order valence-corrected chi connectivity index (χ3v) is 3.85. The van der Waals surface area contributed by atoms with Crippen LogP contribution < -0.4 is 10.6 Å². The van der Waals surface area contributed by atoms with E-state index in [2.05, 4.69) is 10.6 Å². The number of aromatic hydroxyl groups is 1. The van der Waals surface area contributed by atoms with Crippen molar-refractivity contribution in [3.63, 3.8) is 0 Å². The molecule has 5 nitrogen and oxygen atoms in total. The number of amides is 1. The second-order valence-electron chi connectivity index (χ2n) is 7.06. The number of alkyl carbamates (subject to hydrolysis) is 1. The Morgan fingerprint density at radius 1 is 1.23 bits per heavy atom. The van der Waals surface area contributed by atoms with Crippen LogP contribution in [0.4, 0.5) is 10.5 Å². The summed E-state index contributed by atoms with van der Waals surface area (Å²) in [5.74, 6) is 0.341. The number of hydrogen-bond acceptors (Lipinski definition) is 4. The van der Waals surface area contributed by atoms with Crippen LogP contribution >= 0.6 is 0 Å². The number of phenolic OH excluding ortho intramolecular Hbond substituents is 1. The summed E-state index contributed by atoms with van der Waals surface area (Å²) in [6, 6.07) is 4.34. The van der Waals surface area contributed by atoms with Gasteiger partial charge in [0.1, 0.15) is 11.4 Å². The summed E-state index contributed by atoms with van der Waals surface area (Å²) in [7, 11) is 0. The van der Waals surface area contributed by atoms with E-state index in [1.54, 1.807) is 0 Å². The molecule has 3 N–H and O–H groups in total. The molecule has 1 saturated carbocycles. The van der Waals surface area contributed by atoms with Crippen molar-refractivity contribution in [3.05, 3.63) is 23.3 Å². The SMILES string of the molecule is Cc1ccc(NC2CC(NC(=O)OC(C)(C)C)C2)c(C)c1O. The van der Waals surface area contributed by atoms with Crippen molar-refractivity contribution in [3.8, 4) is 5.75 Å². The zero-order valence-corrected chi connectivity index (χ0v) is 14.0. The minimum Gasteiger partial charge on any atom is -0.507 e. The highest BCUT2D eigenvalue weighted by Gasteiger charge is 2.31. The average Bonchev–Trinajstić information content (AvgIpc) is 2.34. The molecule has 1 aromatic carbocycles. The molecule has 1 aromatic rings. The first-order valence-electron chi connectivity index (χ1n) is 7.71. The Balaban J connectivity index is 1.81. The van der Waals surface area contributed by atoms with Crippen LogP contribution in [-0.2, 0) is 4.74 Å². The van der Waals surface area contributed by atoms with Gasteiger partial charge in [-0.15, -0.1) is 0 Å². The zero-order chi connectivity index (χ0) is 16.5. The van der Waals surface area contributed by atoms with Gasteiger partial charge in [0.15, 0.2) is 0 Å². The zero-order valence-electron chi connectivity index (χ0n) is 14.0. The van der Waals surface area contributed by atoms with Gasteiger partial charge in [-0.25, -0.2) is 4.79 Å². The Morgan fingerprint density at radius 3 is 2.45 bits per heavy atom. The number of ether oxygens (including phenoxy) is 1. The van der Waals surface area contributed by atoms with Gasteiger partial charge in [0.25, 0.3) is 0 Å². The number of aryl methyl sites for hydroxylation is 1. The number of carbonyl (C=O) groups excluding carboxylic acids is 1. The van der Waals surface area contributed by atoms with Gasteiger partial charge in [0.05, 0.1) is 0 Å². The van der Waals surface area contributed by atoms with Crippen LogP contribution in [0.1, 0.15) is 44.7 Å². The second kappa shape index (κ2) is 6.07. The topological polar surface area (TPSA) is 70.6 Å². The quantitative estimate of drug-likeness (QED) is 0.799. The third kappa shape index (κ3) is 4.06. The van der Waals surface area contributed by atoms with Crippen LogP contribution in [0, 0.1) is 13.8 Å². The summed E-state index contributed by atoms with van der Waals surface area (Å²) in [6.07, 6.45) is 1.35. The molecule has 1 amide bonds. The Kier molecular flexibility index (Phi) is 4.54. The molecule has 0 saturated heterocycles. The fourth-order valence-electron chi connectivity index (χ4n) is 2.54. The maximum absolute atomic E-state index is 11.7. The van der Waals surface area contributed by atoms with Crippen LogP contribution in [0.3, 0.4) is 0 Å². The molecule has 0 atom stereocenters. The van der Waals surface area contributed by atoms with Gasteiger partial charge in [-0.05, 0) is 59.1 Å². The van der Waals surface area contributed by atoms with Gasteiger partial charge in [-0.3, -0.25) is 0 Å². The highest BCUT2D eigenvalue weighted by molar-refractivity contribution is 5.68. The lowest BCUT2D eigenvalue weighted by molar-refractivity contribution is 0.0475. The van der Waals surface area contributed by atoms with E-state index < -0.39 is 5.60 Å². The molecule has 0 aliphatic heterocycles. The molecule has 1 fully saturated rings. The van der Waals surface area contributed by atoms with Crippen molar-refractivity contribution >= 4 is 11.8 Å². The number of carbonyl (C=O) groups is 1. The molecule has 1 aliphatic carbocycles. The third-order valence-electron chi connectivity index (χ3n) is 3.85. The fourth-order valence-corrected chi connectivity index (χ4v) is 2.54. The summed E-state index contributed by atoms with van der Waals surface area (Å²) >= 11 is 0. The number of anilines is 1. The fraction of sp³-hybridized carbons (Fsp3) is 0.588. The average molecular weight is 306 g/mol. The van der Waals surface area contributed by atoms with E-state index in [0.29, 0.717) is 11.8 Å². The van der Waals surface area contributed by atoms with E-state index in [-0.39, 0.29) is 12.1 Å². The van der Waals surface area contributed by atoms with Crippen molar-refractivity contribution in [2.24, 2.45) is 0 Å². The lowest BCUT2D eigenvalue weighted by Gasteiger charge is -2.37. The Hall–Kier alpha value is -1.91. The van der Waals surface area contributed by atoms with Gasteiger partial charge < -0.3 is 20.5 Å². The van der Waals surface area contributed by atoms with Gasteiger partial charge in [0.2, 0.25) is 0 Å². The summed E-state index contributed by atoms with van der Waals surface area (Å²) in [5, 5.41) is 16.2. The highest BCUT2D eigenvalue weighted by Crippen LogP contribution is 2.31. The number of hydrogen-bond donors (Lipinski definition) is 3. The number of phenols is 1. The molecule has 0 unspecified atom stereocenters. The van der Waals surface area contributed by atoms with E-state index in [1.165, 1.54) is 0 Å². The molecular formula is C17H26N2O3. The monoisotopic (exact) mass is 306 g/mol. The maximum Gasteiger partial charge on any atom is 0.407 e. The highest BCUT2D eigenvalue weighted by atomic mass is 16.6. The van der Waals surface area contributed by atoms with Crippen LogP contribution in [0.25, 0.3) is 0 Å². The van der Waals surface area contributed by atoms with Crippen LogP contribution in [0.15, 0.2) is 12.1 Å². The molecule has 0 bridgehead atoms. The van der Waals surface area contributed by atoms with Gasteiger partial charge >= 0.3 is 6.09 Å². The summed E-state index contributed by atoms with van der Waals surface area (Å²) in [5.41, 5.74) is 2.22. The molecule has 0 spiro atoms. The van der Waals surface area contributed by atoms with Gasteiger partial charge in [0, 0.05) is 23.3 Å². The van der Waals surface area contributed by atoms with Crippen LogP contribution in [-0.4, -0.2) is 28.9 Å². The summed E-state index contributed by atoms with van der Waals surface area (Å²) in [4.78, 5) is 11.7. The minimum absolute atomic E-state index is 0.145. The first kappa shape index (κ1) is 16.5. The van der Waals surface area contributed by atoms with Crippen molar-refractivity contribution in [2.45, 2.75) is 65.1 Å². The second-order valence-corrected chi connectivity index (χ2v) is 7.06. The smallest absolute Gasteiger partial charge is 0.407 e. The van der Waals surface area contributed by atoms with E-state index in [1.807, 2.05) is 46.8 Å². The molecule has 122 valence electrons. The largest absolute Gasteiger partial charge is 0.507 e. The predicted molar refractivity (Wildman–Crippen MR) is 87.4 cm³/mol. The van der Waals surface area contributed by atoms with E-state index in [9.17, 15) is 9.90 Å². The van der Waals surface area contributed by atoms with E-state index in [0.717, 1.165) is 29.7 Å². The molecule has 2 rings (SSSR count). The normalized spacial score (nSPS) is 21.0. The lowest BCUT2D eigenvalue weighted by atomic mass is 9.86. The molecule has 22 heavy (non-hydrogen) atoms. The molecule has 0 aromatic heterocycles. The number of benzene rings is 1.